The molecule has 0 aliphatic heterocycles. The first-order chi connectivity index (χ1) is 33.6. The molecule has 0 spiro atoms. The molecular formula is C63H37N3OS. The average Bonchev–Trinajstić information content (AvgIpc) is 3.98. The molecule has 14 rings (SSSR count). The van der Waals surface area contributed by atoms with Crippen molar-refractivity contribution in [1.29, 1.82) is 0 Å². The van der Waals surface area contributed by atoms with E-state index in [0.29, 0.717) is 17.5 Å². The normalized spacial score (nSPS) is 11.8. The number of thiophene rings is 1. The van der Waals surface area contributed by atoms with Crippen LogP contribution in [0.25, 0.3) is 142 Å². The van der Waals surface area contributed by atoms with E-state index in [1.54, 1.807) is 11.3 Å². The number of aromatic nitrogens is 3. The highest BCUT2D eigenvalue weighted by atomic mass is 32.1. The molecule has 4 nitrogen and oxygen atoms in total. The van der Waals surface area contributed by atoms with Crippen LogP contribution in [0.5, 0.6) is 0 Å². The molecule has 0 aliphatic carbocycles. The van der Waals surface area contributed by atoms with Gasteiger partial charge in [0.1, 0.15) is 11.2 Å². The molecule has 0 fully saturated rings. The zero-order valence-corrected chi connectivity index (χ0v) is 37.3. The molecule has 0 atom stereocenters. The van der Waals surface area contributed by atoms with Gasteiger partial charge in [0.25, 0.3) is 0 Å². The zero-order valence-electron chi connectivity index (χ0n) is 36.5. The van der Waals surface area contributed by atoms with Crippen molar-refractivity contribution in [3.63, 3.8) is 0 Å². The number of hydrogen-bond acceptors (Lipinski definition) is 5. The summed E-state index contributed by atoms with van der Waals surface area (Å²) in [5.41, 5.74) is 11.7. The molecule has 0 saturated carbocycles. The second-order valence-electron chi connectivity index (χ2n) is 17.5. The summed E-state index contributed by atoms with van der Waals surface area (Å²) in [4.78, 5) is 15.2. The Kier molecular flexibility index (Phi) is 8.73. The second kappa shape index (κ2) is 15.4. The van der Waals surface area contributed by atoms with Gasteiger partial charge in [-0.2, -0.15) is 0 Å². The number of rotatable bonds is 6. The maximum atomic E-state index is 6.14. The smallest absolute Gasteiger partial charge is 0.164 e. The molecule has 14 aromatic rings. The minimum Gasteiger partial charge on any atom is -0.456 e. The Hall–Kier alpha value is -8.77. The first-order valence-corrected chi connectivity index (χ1v) is 23.7. The molecule has 0 aliphatic rings. The first-order valence-electron chi connectivity index (χ1n) is 22.9. The molecular weight excluding hydrogens is 847 g/mol. The molecule has 68 heavy (non-hydrogen) atoms. The summed E-state index contributed by atoms with van der Waals surface area (Å²) in [5.74, 6) is 1.89. The van der Waals surface area contributed by atoms with Gasteiger partial charge in [-0.25, -0.2) is 15.0 Å². The maximum absolute atomic E-state index is 6.14. The van der Waals surface area contributed by atoms with Crippen LogP contribution in [-0.2, 0) is 0 Å². The molecule has 0 saturated heterocycles. The topological polar surface area (TPSA) is 51.8 Å². The maximum Gasteiger partial charge on any atom is 0.164 e. The SMILES string of the molecule is c1ccc(-c2nc(-c3ccc4c(c3)sc3cc(-c5cccc(-c6cccc(-c7ccc8c9ccccc9c9ccccc9c8c7)c6)c5)ccc34)nc(-c3ccc4oc5ccccc5c4c3)n2)cc1. The first kappa shape index (κ1) is 38.5. The van der Waals surface area contributed by atoms with Crippen LogP contribution in [0.4, 0.5) is 0 Å². The number of nitrogens with zero attached hydrogens (tertiary/aromatic N) is 3. The largest absolute Gasteiger partial charge is 0.456 e. The van der Waals surface area contributed by atoms with E-state index in [2.05, 4.69) is 164 Å². The third kappa shape index (κ3) is 6.39. The molecule has 316 valence electrons. The van der Waals surface area contributed by atoms with Gasteiger partial charge in [0.2, 0.25) is 0 Å². The monoisotopic (exact) mass is 883 g/mol. The van der Waals surface area contributed by atoms with E-state index in [-0.39, 0.29) is 0 Å². The van der Waals surface area contributed by atoms with Gasteiger partial charge < -0.3 is 4.42 Å². The van der Waals surface area contributed by atoms with E-state index in [1.165, 1.54) is 85.9 Å². The third-order valence-corrected chi connectivity index (χ3v) is 14.6. The molecule has 0 N–H and O–H groups in total. The summed E-state index contributed by atoms with van der Waals surface area (Å²) in [5, 5.41) is 12.3. The van der Waals surface area contributed by atoms with Gasteiger partial charge in [-0.3, -0.25) is 0 Å². The summed E-state index contributed by atoms with van der Waals surface area (Å²) in [6.07, 6.45) is 0. The zero-order chi connectivity index (χ0) is 44.7. The van der Waals surface area contributed by atoms with Gasteiger partial charge in [0.05, 0.1) is 0 Å². The lowest BCUT2D eigenvalue weighted by Gasteiger charge is -2.13. The highest BCUT2D eigenvalue weighted by Crippen LogP contribution is 2.41. The molecule has 0 radical (unpaired) electrons. The Morgan fingerprint density at radius 3 is 1.24 bits per heavy atom. The number of furan rings is 1. The van der Waals surface area contributed by atoms with Crippen LogP contribution in [0.2, 0.25) is 0 Å². The van der Waals surface area contributed by atoms with Crippen molar-refractivity contribution in [2.75, 3.05) is 0 Å². The lowest BCUT2D eigenvalue weighted by atomic mass is 9.91. The summed E-state index contributed by atoms with van der Waals surface area (Å²) >= 11 is 1.80. The van der Waals surface area contributed by atoms with Crippen molar-refractivity contribution in [3.05, 3.63) is 224 Å². The molecule has 3 heterocycles. The third-order valence-electron chi connectivity index (χ3n) is 13.5. The highest BCUT2D eigenvalue weighted by molar-refractivity contribution is 7.25. The van der Waals surface area contributed by atoms with Crippen LogP contribution >= 0.6 is 11.3 Å². The van der Waals surface area contributed by atoms with Crippen molar-refractivity contribution < 1.29 is 4.42 Å². The standard InChI is InChI=1S/C63H37N3OS/c1-2-12-38(13-3-1)61-64-62(45-27-31-58-56(35-45)52-22-8-9-23-57(52)67-58)66-63(65-61)46-26-30-54-53-29-25-44(36-59(53)68-60(54)37-46)42-17-11-15-40(33-42)39-14-10-16-41(32-39)43-24-28-51-49-20-5-4-18-47(49)48-19-6-7-21-50(48)55(51)34-43/h1-37H. The Morgan fingerprint density at radius 2 is 0.618 bits per heavy atom. The van der Waals surface area contributed by atoms with Gasteiger partial charge in [-0.1, -0.05) is 170 Å². The predicted octanol–water partition coefficient (Wildman–Crippen LogP) is 17.6. The van der Waals surface area contributed by atoms with Crippen LogP contribution < -0.4 is 0 Å². The number of fused-ring (bicyclic) bond motifs is 12. The number of benzene rings is 11. The molecule has 0 bridgehead atoms. The van der Waals surface area contributed by atoms with E-state index in [4.69, 9.17) is 19.4 Å². The Morgan fingerprint density at radius 1 is 0.235 bits per heavy atom. The second-order valence-corrected chi connectivity index (χ2v) is 18.6. The fourth-order valence-electron chi connectivity index (χ4n) is 10.2. The number of para-hydroxylation sites is 1. The van der Waals surface area contributed by atoms with E-state index < -0.39 is 0 Å². The molecule has 0 unspecified atom stereocenters. The average molecular weight is 884 g/mol. The van der Waals surface area contributed by atoms with Gasteiger partial charge in [0, 0.05) is 47.6 Å². The summed E-state index contributed by atoms with van der Waals surface area (Å²) in [7, 11) is 0. The lowest BCUT2D eigenvalue weighted by Crippen LogP contribution is -2.00. The van der Waals surface area contributed by atoms with Crippen LogP contribution in [0.15, 0.2) is 229 Å². The van der Waals surface area contributed by atoms with Crippen LogP contribution in [-0.4, -0.2) is 15.0 Å². The highest BCUT2D eigenvalue weighted by Gasteiger charge is 2.17. The van der Waals surface area contributed by atoms with Gasteiger partial charge in [-0.15, -0.1) is 11.3 Å². The molecule has 0 amide bonds. The van der Waals surface area contributed by atoms with Crippen molar-refractivity contribution in [3.8, 4) is 67.5 Å². The van der Waals surface area contributed by atoms with Crippen molar-refractivity contribution in [2.45, 2.75) is 0 Å². The minimum atomic E-state index is 0.618. The van der Waals surface area contributed by atoms with Crippen LogP contribution in [0, 0.1) is 0 Å². The minimum absolute atomic E-state index is 0.618. The summed E-state index contributed by atoms with van der Waals surface area (Å²) in [6, 6.07) is 80.3. The fraction of sp³-hybridized carbons (Fsp3) is 0. The van der Waals surface area contributed by atoms with Crippen LogP contribution in [0.3, 0.4) is 0 Å². The van der Waals surface area contributed by atoms with Gasteiger partial charge >= 0.3 is 0 Å². The van der Waals surface area contributed by atoms with Gasteiger partial charge in [-0.05, 0) is 120 Å². The molecule has 3 aromatic heterocycles. The fourth-order valence-corrected chi connectivity index (χ4v) is 11.3. The Bertz CT molecular complexity index is 4300. The van der Waals surface area contributed by atoms with E-state index in [1.807, 2.05) is 60.7 Å². The van der Waals surface area contributed by atoms with E-state index in [9.17, 15) is 0 Å². The van der Waals surface area contributed by atoms with E-state index >= 15 is 0 Å². The summed E-state index contributed by atoms with van der Waals surface area (Å²) in [6.45, 7) is 0. The van der Waals surface area contributed by atoms with Crippen molar-refractivity contribution in [2.24, 2.45) is 0 Å². The molecule has 11 aromatic carbocycles. The summed E-state index contributed by atoms with van der Waals surface area (Å²) < 4.78 is 8.57. The van der Waals surface area contributed by atoms with Crippen molar-refractivity contribution in [1.82, 2.24) is 15.0 Å². The van der Waals surface area contributed by atoms with Crippen molar-refractivity contribution >= 4 is 85.8 Å². The predicted molar refractivity (Wildman–Crippen MR) is 285 cm³/mol. The Labute approximate surface area is 395 Å². The molecule has 5 heteroatoms. The van der Waals surface area contributed by atoms with Crippen LogP contribution in [0.1, 0.15) is 0 Å². The lowest BCUT2D eigenvalue weighted by molar-refractivity contribution is 0.669. The van der Waals surface area contributed by atoms with Gasteiger partial charge in [0.15, 0.2) is 17.5 Å². The number of hydrogen-bond donors (Lipinski definition) is 0. The van der Waals surface area contributed by atoms with E-state index in [0.717, 1.165) is 38.6 Å². The Balaban J connectivity index is 0.807. The quantitative estimate of drug-likeness (QED) is 0.156.